The normalized spacial score (nSPS) is 15.1. The fourth-order valence-electron chi connectivity index (χ4n) is 3.50. The molecule has 2 aromatic rings. The van der Waals surface area contributed by atoms with Gasteiger partial charge in [0.1, 0.15) is 17.0 Å². The first-order valence-corrected chi connectivity index (χ1v) is 12.0. The number of carbonyl (C=O) groups excluding carboxylic acids is 3. The number of carbonyl (C=O) groups is 3. The molecule has 0 aliphatic heterocycles. The Labute approximate surface area is 206 Å². The number of benzene rings is 1. The van der Waals surface area contributed by atoms with Gasteiger partial charge in [0, 0.05) is 17.7 Å². The van der Waals surface area contributed by atoms with Crippen LogP contribution in [0.25, 0.3) is 0 Å². The van der Waals surface area contributed by atoms with Gasteiger partial charge in [-0.05, 0) is 79.0 Å². The van der Waals surface area contributed by atoms with Crippen molar-refractivity contribution in [3.05, 3.63) is 41.6 Å². The molecule has 1 saturated carbocycles. The third-order valence-electron chi connectivity index (χ3n) is 5.52. The Hall–Kier alpha value is -3.36. The molecule has 35 heavy (non-hydrogen) atoms. The number of ether oxygens (including phenoxy) is 2. The van der Waals surface area contributed by atoms with E-state index in [-0.39, 0.29) is 11.8 Å². The van der Waals surface area contributed by atoms with Gasteiger partial charge in [-0.1, -0.05) is 18.6 Å². The summed E-state index contributed by atoms with van der Waals surface area (Å²) in [6, 6.07) is 8.71. The summed E-state index contributed by atoms with van der Waals surface area (Å²) in [5.41, 5.74) is 0.802. The Bertz CT molecular complexity index is 1070. The van der Waals surface area contributed by atoms with Crippen LogP contribution in [0.5, 0.6) is 0 Å². The highest BCUT2D eigenvalue weighted by atomic mass is 16.6. The summed E-state index contributed by atoms with van der Waals surface area (Å²) in [7, 11) is 0. The predicted octanol–water partition coefficient (Wildman–Crippen LogP) is 6.02. The van der Waals surface area contributed by atoms with E-state index in [1.165, 1.54) is 0 Å². The van der Waals surface area contributed by atoms with Crippen molar-refractivity contribution in [2.24, 2.45) is 0 Å². The van der Waals surface area contributed by atoms with Gasteiger partial charge in [-0.25, -0.2) is 9.59 Å². The average molecular weight is 485 g/mol. The van der Waals surface area contributed by atoms with Gasteiger partial charge in [0.25, 0.3) is 0 Å². The minimum Gasteiger partial charge on any atom is -0.444 e. The zero-order valence-electron chi connectivity index (χ0n) is 21.6. The number of nitrogens with zero attached hydrogens (tertiary/aromatic N) is 2. The van der Waals surface area contributed by atoms with Crippen LogP contribution in [0.2, 0.25) is 0 Å². The number of amides is 2. The summed E-state index contributed by atoms with van der Waals surface area (Å²) in [5, 5.41) is 9.96. The zero-order valence-corrected chi connectivity index (χ0v) is 21.6. The molecule has 2 N–H and O–H groups in total. The lowest BCUT2D eigenvalue weighted by molar-refractivity contribution is -0.117. The van der Waals surface area contributed by atoms with Crippen molar-refractivity contribution in [2.45, 2.75) is 90.8 Å². The highest BCUT2D eigenvalue weighted by Gasteiger charge is 2.28. The first kappa shape index (κ1) is 26.2. The predicted molar refractivity (Wildman–Crippen MR) is 134 cm³/mol. The quantitative estimate of drug-likeness (QED) is 0.536. The molecule has 9 nitrogen and oxygen atoms in total. The molecule has 1 heterocycles. The van der Waals surface area contributed by atoms with Crippen molar-refractivity contribution < 1.29 is 23.9 Å². The van der Waals surface area contributed by atoms with E-state index in [2.05, 4.69) is 15.7 Å². The number of anilines is 2. The Kier molecular flexibility index (Phi) is 7.57. The monoisotopic (exact) mass is 484 g/mol. The first-order valence-electron chi connectivity index (χ1n) is 12.0. The summed E-state index contributed by atoms with van der Waals surface area (Å²) in [4.78, 5) is 37.8. The minimum atomic E-state index is -0.691. The van der Waals surface area contributed by atoms with Gasteiger partial charge < -0.3 is 14.8 Å². The molecule has 0 radical (unpaired) electrons. The second-order valence-corrected chi connectivity index (χ2v) is 10.9. The number of hydrogen-bond acceptors (Lipinski definition) is 6. The van der Waals surface area contributed by atoms with Crippen molar-refractivity contribution in [3.8, 4) is 0 Å². The third-order valence-corrected chi connectivity index (χ3v) is 5.52. The Balaban J connectivity index is 1.71. The van der Waals surface area contributed by atoms with Gasteiger partial charge in [-0.3, -0.25) is 10.1 Å². The van der Waals surface area contributed by atoms with Gasteiger partial charge in [0.05, 0.1) is 11.6 Å². The van der Waals surface area contributed by atoms with E-state index in [0.29, 0.717) is 11.5 Å². The molecule has 1 fully saturated rings. The van der Waals surface area contributed by atoms with Crippen LogP contribution in [0.4, 0.5) is 21.1 Å². The van der Waals surface area contributed by atoms with Crippen LogP contribution >= 0.6 is 0 Å². The molecular weight excluding hydrogens is 448 g/mol. The fraction of sp³-hybridized carbons (Fsp3) is 0.538. The van der Waals surface area contributed by atoms with Gasteiger partial charge >= 0.3 is 12.2 Å². The zero-order chi connectivity index (χ0) is 26.0. The lowest BCUT2D eigenvalue weighted by atomic mass is 9.83. The van der Waals surface area contributed by atoms with Gasteiger partial charge in [-0.15, -0.1) is 4.68 Å². The van der Waals surface area contributed by atoms with E-state index in [0.717, 1.165) is 35.2 Å². The van der Waals surface area contributed by atoms with Crippen molar-refractivity contribution >= 4 is 29.6 Å². The minimum absolute atomic E-state index is 0.289. The Morgan fingerprint density at radius 2 is 1.57 bits per heavy atom. The van der Waals surface area contributed by atoms with Crippen LogP contribution in [-0.4, -0.2) is 39.1 Å². The molecule has 2 amide bonds. The molecule has 0 spiro atoms. The van der Waals surface area contributed by atoms with Crippen LogP contribution in [0.1, 0.15) is 90.8 Å². The van der Waals surface area contributed by atoms with Crippen LogP contribution in [0, 0.1) is 0 Å². The van der Waals surface area contributed by atoms with E-state index in [9.17, 15) is 14.4 Å². The highest BCUT2D eigenvalue weighted by Crippen LogP contribution is 2.36. The van der Waals surface area contributed by atoms with Crippen molar-refractivity contribution in [2.75, 3.05) is 10.6 Å². The largest absolute Gasteiger partial charge is 0.444 e. The van der Waals surface area contributed by atoms with E-state index in [4.69, 9.17) is 9.47 Å². The molecular formula is C26H36N4O5. The molecule has 0 bridgehead atoms. The summed E-state index contributed by atoms with van der Waals surface area (Å²) in [6.45, 7) is 12.5. The topological polar surface area (TPSA) is 112 Å². The van der Waals surface area contributed by atoms with E-state index < -0.39 is 29.3 Å². The van der Waals surface area contributed by atoms with Crippen LogP contribution in [-0.2, 0) is 14.3 Å². The molecule has 1 aliphatic carbocycles. The molecule has 3 rings (SSSR count). The molecule has 1 aromatic carbocycles. The molecule has 0 saturated heterocycles. The Morgan fingerprint density at radius 3 is 2.09 bits per heavy atom. The lowest BCUT2D eigenvalue weighted by Gasteiger charge is -2.23. The number of hydrogen-bond donors (Lipinski definition) is 2. The summed E-state index contributed by atoms with van der Waals surface area (Å²) < 4.78 is 11.9. The maximum Gasteiger partial charge on any atom is 0.437 e. The maximum atomic E-state index is 13.1. The fourth-order valence-corrected chi connectivity index (χ4v) is 3.50. The van der Waals surface area contributed by atoms with Crippen molar-refractivity contribution in [1.82, 2.24) is 9.78 Å². The third kappa shape index (κ3) is 7.31. The lowest BCUT2D eigenvalue weighted by Crippen LogP contribution is -2.30. The highest BCUT2D eigenvalue weighted by molar-refractivity contribution is 5.96. The van der Waals surface area contributed by atoms with Crippen LogP contribution < -0.4 is 10.6 Å². The molecule has 1 atom stereocenters. The van der Waals surface area contributed by atoms with Crippen LogP contribution in [0.15, 0.2) is 30.3 Å². The Morgan fingerprint density at radius 1 is 0.971 bits per heavy atom. The van der Waals surface area contributed by atoms with Gasteiger partial charge in [-0.2, -0.15) is 5.10 Å². The second kappa shape index (κ2) is 10.1. The van der Waals surface area contributed by atoms with E-state index >= 15 is 0 Å². The van der Waals surface area contributed by atoms with Crippen LogP contribution in [0.3, 0.4) is 0 Å². The second-order valence-electron chi connectivity index (χ2n) is 10.9. The van der Waals surface area contributed by atoms with Crippen molar-refractivity contribution in [1.29, 1.82) is 0 Å². The van der Waals surface area contributed by atoms with Gasteiger partial charge in [0.2, 0.25) is 5.91 Å². The number of nitrogens with one attached hydrogen (secondary N) is 2. The SMILES string of the molecule is C[C@@H](C(=O)Nc1cc(C2CCC2)nn1C(=O)OC(C)(C)C)c1ccc(NC(=O)OC(C)(C)C)cc1. The van der Waals surface area contributed by atoms with Gasteiger partial charge in [0.15, 0.2) is 0 Å². The molecule has 1 aliphatic rings. The molecule has 190 valence electrons. The van der Waals surface area contributed by atoms with E-state index in [1.807, 2.05) is 0 Å². The molecule has 9 heteroatoms. The average Bonchev–Trinajstić information content (AvgIpc) is 3.07. The smallest absolute Gasteiger partial charge is 0.437 e. The number of aromatic nitrogens is 2. The maximum absolute atomic E-state index is 13.1. The van der Waals surface area contributed by atoms with Crippen molar-refractivity contribution in [3.63, 3.8) is 0 Å². The summed E-state index contributed by atoms with van der Waals surface area (Å²) >= 11 is 0. The number of rotatable bonds is 5. The van der Waals surface area contributed by atoms with E-state index in [1.54, 1.807) is 78.8 Å². The molecule has 1 aromatic heterocycles. The standard InChI is InChI=1S/C26H36N4O5/c1-16(17-11-13-19(14-12-17)27-23(32)34-25(2,3)4)22(31)28-21-15-20(18-9-8-10-18)29-30(21)24(33)35-26(5,6)7/h11-16,18H,8-10H2,1-7H3,(H,27,32)(H,28,31)/t16-/m1/s1. The summed E-state index contributed by atoms with van der Waals surface area (Å²) in [6.07, 6.45) is 1.97. The molecule has 0 unspecified atom stereocenters. The first-order chi connectivity index (χ1) is 16.2. The summed E-state index contributed by atoms with van der Waals surface area (Å²) in [5.74, 6) is -0.222.